The summed E-state index contributed by atoms with van der Waals surface area (Å²) in [5, 5.41) is 14.3. The van der Waals surface area contributed by atoms with Gasteiger partial charge in [0.25, 0.3) is 11.6 Å². The van der Waals surface area contributed by atoms with Crippen molar-refractivity contribution in [3.05, 3.63) is 104 Å². The SMILES string of the molecule is Cc1ccc([N+](=O)[O-])cc1NC(=O)c1ccc([C@@H]2SCC(=O)N2Cc2ccc(Cl)cc2)cc1. The first-order valence-electron chi connectivity index (χ1n) is 10.1. The second-order valence-corrected chi connectivity index (χ2v) is 9.15. The summed E-state index contributed by atoms with van der Waals surface area (Å²) < 4.78 is 0. The summed E-state index contributed by atoms with van der Waals surface area (Å²) in [5.74, 6) is 0.0910. The van der Waals surface area contributed by atoms with Gasteiger partial charge in [0.1, 0.15) is 5.37 Å². The Morgan fingerprint density at radius 2 is 1.85 bits per heavy atom. The molecule has 168 valence electrons. The van der Waals surface area contributed by atoms with E-state index in [9.17, 15) is 19.7 Å². The summed E-state index contributed by atoms with van der Waals surface area (Å²) >= 11 is 7.50. The normalized spacial score (nSPS) is 15.5. The van der Waals surface area contributed by atoms with E-state index in [0.717, 1.165) is 16.7 Å². The van der Waals surface area contributed by atoms with Gasteiger partial charge in [-0.15, -0.1) is 11.8 Å². The third-order valence-corrected chi connectivity index (χ3v) is 6.88. The lowest BCUT2D eigenvalue weighted by Crippen LogP contribution is -2.27. The van der Waals surface area contributed by atoms with Gasteiger partial charge in [0, 0.05) is 29.3 Å². The number of nitro benzene ring substituents is 1. The lowest BCUT2D eigenvalue weighted by Gasteiger charge is -2.24. The number of amides is 2. The highest BCUT2D eigenvalue weighted by molar-refractivity contribution is 8.00. The summed E-state index contributed by atoms with van der Waals surface area (Å²) in [6.07, 6.45) is 0. The van der Waals surface area contributed by atoms with Crippen LogP contribution in [0, 0.1) is 17.0 Å². The second-order valence-electron chi connectivity index (χ2n) is 7.64. The molecule has 1 fully saturated rings. The molecule has 1 N–H and O–H groups in total. The van der Waals surface area contributed by atoms with Gasteiger partial charge in [-0.05, 0) is 47.9 Å². The Hall–Kier alpha value is -3.36. The van der Waals surface area contributed by atoms with Crippen molar-refractivity contribution < 1.29 is 14.5 Å². The minimum atomic E-state index is -0.500. The van der Waals surface area contributed by atoms with Crippen molar-refractivity contribution in [2.75, 3.05) is 11.1 Å². The van der Waals surface area contributed by atoms with Crippen LogP contribution < -0.4 is 5.32 Å². The van der Waals surface area contributed by atoms with E-state index in [-0.39, 0.29) is 22.9 Å². The molecule has 1 aliphatic rings. The molecule has 1 aliphatic heterocycles. The fourth-order valence-electron chi connectivity index (χ4n) is 3.54. The molecule has 1 saturated heterocycles. The number of rotatable bonds is 6. The van der Waals surface area contributed by atoms with Crippen LogP contribution in [-0.2, 0) is 11.3 Å². The van der Waals surface area contributed by atoms with Gasteiger partial charge in [0.05, 0.1) is 16.4 Å². The van der Waals surface area contributed by atoms with Crippen molar-refractivity contribution in [2.24, 2.45) is 0 Å². The van der Waals surface area contributed by atoms with Gasteiger partial charge in [-0.3, -0.25) is 19.7 Å². The molecule has 9 heteroatoms. The quantitative estimate of drug-likeness (QED) is 0.366. The van der Waals surface area contributed by atoms with Gasteiger partial charge < -0.3 is 10.2 Å². The number of carbonyl (C=O) groups excluding carboxylic acids is 2. The molecule has 1 heterocycles. The summed E-state index contributed by atoms with van der Waals surface area (Å²) in [7, 11) is 0. The maximum atomic E-state index is 12.7. The summed E-state index contributed by atoms with van der Waals surface area (Å²) in [5.41, 5.74) is 3.36. The number of benzene rings is 3. The van der Waals surface area contributed by atoms with E-state index in [2.05, 4.69) is 5.32 Å². The second kappa shape index (κ2) is 9.64. The van der Waals surface area contributed by atoms with Crippen LogP contribution in [0.4, 0.5) is 11.4 Å². The van der Waals surface area contributed by atoms with Crippen molar-refractivity contribution in [3.8, 4) is 0 Å². The fourth-order valence-corrected chi connectivity index (χ4v) is 4.85. The maximum Gasteiger partial charge on any atom is 0.271 e. The Balaban J connectivity index is 1.48. The van der Waals surface area contributed by atoms with Crippen LogP contribution in [0.2, 0.25) is 5.02 Å². The molecule has 0 unspecified atom stereocenters. The number of non-ortho nitro benzene ring substituents is 1. The van der Waals surface area contributed by atoms with E-state index in [1.54, 1.807) is 49.0 Å². The molecule has 0 saturated carbocycles. The standard InChI is InChI=1S/C24H20ClN3O4S/c1-15-2-11-20(28(31)32)12-21(15)26-23(30)17-5-7-18(8-6-17)24-27(22(29)14-33-24)13-16-3-9-19(25)10-4-16/h2-12,24H,13-14H2,1H3,(H,26,30)/t24-/m0/s1. The molecule has 33 heavy (non-hydrogen) atoms. The number of carbonyl (C=O) groups is 2. The van der Waals surface area contributed by atoms with Crippen LogP contribution >= 0.6 is 23.4 Å². The summed E-state index contributed by atoms with van der Waals surface area (Å²) in [4.78, 5) is 37.5. The summed E-state index contributed by atoms with van der Waals surface area (Å²) in [6.45, 7) is 2.24. The van der Waals surface area contributed by atoms with Gasteiger partial charge in [0.15, 0.2) is 0 Å². The minimum Gasteiger partial charge on any atom is -0.322 e. The number of anilines is 1. The first-order valence-corrected chi connectivity index (χ1v) is 11.6. The number of thioether (sulfide) groups is 1. The van der Waals surface area contributed by atoms with E-state index in [1.165, 1.54) is 12.1 Å². The number of hydrogen-bond acceptors (Lipinski definition) is 5. The molecule has 3 aromatic carbocycles. The van der Waals surface area contributed by atoms with E-state index in [1.807, 2.05) is 29.2 Å². The number of halogens is 1. The molecular formula is C24H20ClN3O4S. The first-order chi connectivity index (χ1) is 15.8. The van der Waals surface area contributed by atoms with Crippen molar-refractivity contribution >= 4 is 46.6 Å². The molecule has 0 radical (unpaired) electrons. The van der Waals surface area contributed by atoms with Gasteiger partial charge in [0.2, 0.25) is 5.91 Å². The van der Waals surface area contributed by atoms with Crippen LogP contribution in [0.3, 0.4) is 0 Å². The first kappa shape index (κ1) is 22.8. The third-order valence-electron chi connectivity index (χ3n) is 5.37. The lowest BCUT2D eigenvalue weighted by molar-refractivity contribution is -0.384. The van der Waals surface area contributed by atoms with E-state index < -0.39 is 4.92 Å². The Bertz CT molecular complexity index is 1220. The minimum absolute atomic E-state index is 0.0583. The monoisotopic (exact) mass is 481 g/mol. The van der Waals surface area contributed by atoms with Crippen molar-refractivity contribution in [1.29, 1.82) is 0 Å². The predicted octanol–water partition coefficient (Wildman–Crippen LogP) is 5.58. The molecular weight excluding hydrogens is 462 g/mol. The molecule has 0 aliphatic carbocycles. The molecule has 2 amide bonds. The molecule has 1 atom stereocenters. The maximum absolute atomic E-state index is 12.7. The highest BCUT2D eigenvalue weighted by Gasteiger charge is 2.32. The average molecular weight is 482 g/mol. The Morgan fingerprint density at radius 3 is 2.52 bits per heavy atom. The lowest BCUT2D eigenvalue weighted by atomic mass is 10.1. The van der Waals surface area contributed by atoms with E-state index >= 15 is 0 Å². The Kier molecular flexibility index (Phi) is 6.67. The molecule has 0 aromatic heterocycles. The fraction of sp³-hybridized carbons (Fsp3) is 0.167. The van der Waals surface area contributed by atoms with Crippen LogP contribution in [0.25, 0.3) is 0 Å². The molecule has 7 nitrogen and oxygen atoms in total. The topological polar surface area (TPSA) is 92.5 Å². The summed E-state index contributed by atoms with van der Waals surface area (Å²) in [6, 6.07) is 18.8. The number of aryl methyl sites for hydroxylation is 1. The van der Waals surface area contributed by atoms with Gasteiger partial charge in [-0.25, -0.2) is 0 Å². The van der Waals surface area contributed by atoms with E-state index in [4.69, 9.17) is 11.6 Å². The molecule has 0 bridgehead atoms. The van der Waals surface area contributed by atoms with Crippen LogP contribution in [0.15, 0.2) is 66.7 Å². The zero-order chi connectivity index (χ0) is 23.5. The predicted molar refractivity (Wildman–Crippen MR) is 129 cm³/mol. The highest BCUT2D eigenvalue weighted by atomic mass is 35.5. The van der Waals surface area contributed by atoms with Gasteiger partial charge in [-0.1, -0.05) is 41.9 Å². The van der Waals surface area contributed by atoms with Crippen LogP contribution in [0.1, 0.15) is 32.4 Å². The zero-order valence-electron chi connectivity index (χ0n) is 17.7. The third kappa shape index (κ3) is 5.18. The van der Waals surface area contributed by atoms with Crippen molar-refractivity contribution in [3.63, 3.8) is 0 Å². The number of nitrogens with one attached hydrogen (secondary N) is 1. The molecule has 3 aromatic rings. The largest absolute Gasteiger partial charge is 0.322 e. The van der Waals surface area contributed by atoms with E-state index in [0.29, 0.717) is 28.6 Å². The average Bonchev–Trinajstić information content (AvgIpc) is 3.16. The van der Waals surface area contributed by atoms with Crippen molar-refractivity contribution in [1.82, 2.24) is 4.90 Å². The smallest absolute Gasteiger partial charge is 0.271 e. The van der Waals surface area contributed by atoms with Crippen LogP contribution in [0.5, 0.6) is 0 Å². The Labute approximate surface area is 199 Å². The number of hydrogen-bond donors (Lipinski definition) is 1. The van der Waals surface area contributed by atoms with Crippen LogP contribution in [-0.4, -0.2) is 27.4 Å². The van der Waals surface area contributed by atoms with Gasteiger partial charge in [-0.2, -0.15) is 0 Å². The number of nitrogens with zero attached hydrogens (tertiary/aromatic N) is 2. The zero-order valence-corrected chi connectivity index (χ0v) is 19.2. The van der Waals surface area contributed by atoms with Gasteiger partial charge >= 0.3 is 0 Å². The Morgan fingerprint density at radius 1 is 1.15 bits per heavy atom. The highest BCUT2D eigenvalue weighted by Crippen LogP contribution is 2.39. The molecule has 4 rings (SSSR count). The number of nitro groups is 1. The molecule has 0 spiro atoms. The van der Waals surface area contributed by atoms with Crippen molar-refractivity contribution in [2.45, 2.75) is 18.8 Å².